The molecule has 0 aliphatic heterocycles. The van der Waals surface area contributed by atoms with E-state index in [4.69, 9.17) is 9.47 Å². The minimum absolute atomic E-state index is 0.137. The third-order valence-electron chi connectivity index (χ3n) is 5.53. The Hall–Kier alpha value is -0.150. The summed E-state index contributed by atoms with van der Waals surface area (Å²) in [6.07, 6.45) is 23.0. The van der Waals surface area contributed by atoms with E-state index in [0.717, 1.165) is 45.5 Å². The highest BCUT2D eigenvalue weighted by atomic mass is 19.1. The van der Waals surface area contributed by atoms with Crippen molar-refractivity contribution in [2.24, 2.45) is 0 Å². The first kappa shape index (κ1) is 27.8. The van der Waals surface area contributed by atoms with Gasteiger partial charge in [0.2, 0.25) is 0 Å². The average molecular weight is 403 g/mol. The first-order valence-electron chi connectivity index (χ1n) is 12.6. The zero-order valence-electron chi connectivity index (χ0n) is 19.3. The van der Waals surface area contributed by atoms with Crippen LogP contribution in [0.2, 0.25) is 0 Å². The summed E-state index contributed by atoms with van der Waals surface area (Å²) in [5.74, 6) is 0. The normalized spacial score (nSPS) is 12.5. The molecule has 0 spiro atoms. The molecule has 0 aliphatic carbocycles. The Kier molecular flexibility index (Phi) is 24.8. The maximum atomic E-state index is 12.0. The van der Waals surface area contributed by atoms with Crippen molar-refractivity contribution in [2.45, 2.75) is 136 Å². The Morgan fingerprint density at radius 2 is 1.04 bits per heavy atom. The maximum Gasteiger partial charge on any atom is 0.0894 e. The molecule has 170 valence electrons. The van der Waals surface area contributed by atoms with Crippen LogP contribution in [0, 0.1) is 0 Å². The van der Waals surface area contributed by atoms with E-state index in [1.807, 2.05) is 0 Å². The van der Waals surface area contributed by atoms with Gasteiger partial charge in [-0.05, 0) is 25.7 Å². The Labute approximate surface area is 176 Å². The first-order chi connectivity index (χ1) is 13.8. The monoisotopic (exact) mass is 402 g/mol. The van der Waals surface area contributed by atoms with E-state index < -0.39 is 0 Å². The fraction of sp³-hybridized carbons (Fsp3) is 1.00. The summed E-state index contributed by atoms with van der Waals surface area (Å²) >= 11 is 0. The summed E-state index contributed by atoms with van der Waals surface area (Å²) in [5.41, 5.74) is 0. The Morgan fingerprint density at radius 1 is 0.571 bits per heavy atom. The van der Waals surface area contributed by atoms with E-state index in [1.165, 1.54) is 89.9 Å². The molecule has 2 nitrogen and oxygen atoms in total. The predicted octanol–water partition coefficient (Wildman–Crippen LogP) is 8.42. The van der Waals surface area contributed by atoms with E-state index in [-0.39, 0.29) is 12.8 Å². The van der Waals surface area contributed by atoms with E-state index >= 15 is 0 Å². The summed E-state index contributed by atoms with van der Waals surface area (Å²) in [5, 5.41) is 0. The van der Waals surface area contributed by atoms with Gasteiger partial charge < -0.3 is 9.47 Å². The van der Waals surface area contributed by atoms with Crippen LogP contribution in [0.15, 0.2) is 0 Å². The van der Waals surface area contributed by atoms with Crippen LogP contribution in [0.4, 0.5) is 4.39 Å². The number of halogens is 1. The van der Waals surface area contributed by atoms with Crippen molar-refractivity contribution >= 4 is 0 Å². The van der Waals surface area contributed by atoms with Crippen molar-refractivity contribution in [2.75, 3.05) is 26.5 Å². The Balaban J connectivity index is 3.13. The molecule has 0 rings (SSSR count). The third kappa shape index (κ3) is 22.1. The van der Waals surface area contributed by atoms with Crippen LogP contribution in [0.25, 0.3) is 0 Å². The molecule has 1 atom stereocenters. The second kappa shape index (κ2) is 24.9. The van der Waals surface area contributed by atoms with Crippen LogP contribution >= 0.6 is 0 Å². The number of alkyl halides is 1. The van der Waals surface area contributed by atoms with Gasteiger partial charge in [0.25, 0.3) is 0 Å². The van der Waals surface area contributed by atoms with E-state index in [0.29, 0.717) is 0 Å². The predicted molar refractivity (Wildman–Crippen MR) is 121 cm³/mol. The highest BCUT2D eigenvalue weighted by molar-refractivity contribution is 4.54. The molecule has 28 heavy (non-hydrogen) atoms. The summed E-state index contributed by atoms with van der Waals surface area (Å²) in [7, 11) is 0. The van der Waals surface area contributed by atoms with Gasteiger partial charge in [-0.3, -0.25) is 4.39 Å². The number of hydrogen-bond donors (Lipinski definition) is 0. The quantitative estimate of drug-likeness (QED) is 0.151. The molecule has 0 N–H and O–H groups in total. The first-order valence-corrected chi connectivity index (χ1v) is 12.6. The van der Waals surface area contributed by atoms with Gasteiger partial charge >= 0.3 is 0 Å². The number of ether oxygens (including phenoxy) is 2. The molecule has 0 amide bonds. The summed E-state index contributed by atoms with van der Waals surface area (Å²) in [4.78, 5) is 0. The molecular formula is C25H51FO2. The molecule has 3 heteroatoms. The summed E-state index contributed by atoms with van der Waals surface area (Å²) in [6.45, 7) is 6.77. The molecule has 0 heterocycles. The molecule has 0 aliphatic rings. The van der Waals surface area contributed by atoms with Gasteiger partial charge in [-0.15, -0.1) is 0 Å². The highest BCUT2D eigenvalue weighted by Gasteiger charge is 2.06. The third-order valence-corrected chi connectivity index (χ3v) is 5.53. The number of rotatable bonds is 24. The Morgan fingerprint density at radius 3 is 1.46 bits per heavy atom. The van der Waals surface area contributed by atoms with Gasteiger partial charge in [-0.25, -0.2) is 0 Å². The van der Waals surface area contributed by atoms with E-state index in [2.05, 4.69) is 13.8 Å². The zero-order chi connectivity index (χ0) is 20.5. The molecule has 0 radical (unpaired) electrons. The van der Waals surface area contributed by atoms with E-state index in [1.54, 1.807) is 0 Å². The van der Waals surface area contributed by atoms with Crippen LogP contribution in [-0.2, 0) is 9.47 Å². The van der Waals surface area contributed by atoms with Gasteiger partial charge in [-0.2, -0.15) is 0 Å². The lowest BCUT2D eigenvalue weighted by Gasteiger charge is -2.16. The Bertz CT molecular complexity index is 273. The van der Waals surface area contributed by atoms with Crippen LogP contribution < -0.4 is 0 Å². The average Bonchev–Trinajstić information content (AvgIpc) is 2.71. The lowest BCUT2D eigenvalue weighted by atomic mass is 10.0. The van der Waals surface area contributed by atoms with Crippen molar-refractivity contribution in [3.63, 3.8) is 0 Å². The second-order valence-corrected chi connectivity index (χ2v) is 8.32. The van der Waals surface area contributed by atoms with E-state index in [9.17, 15) is 4.39 Å². The van der Waals surface area contributed by atoms with Gasteiger partial charge in [0, 0.05) is 13.2 Å². The lowest BCUT2D eigenvalue weighted by Crippen LogP contribution is -2.20. The molecule has 0 saturated carbocycles. The van der Waals surface area contributed by atoms with Crippen LogP contribution in [-0.4, -0.2) is 32.6 Å². The lowest BCUT2D eigenvalue weighted by molar-refractivity contribution is -0.0197. The molecule has 0 bridgehead atoms. The molecule has 0 aromatic heterocycles. The molecule has 0 fully saturated rings. The SMILES string of the molecule is CCCCOC(CC)COCCCCCCCCCCCCCCCCCF. The molecule has 0 aromatic rings. The minimum Gasteiger partial charge on any atom is -0.379 e. The fourth-order valence-corrected chi connectivity index (χ4v) is 3.49. The highest BCUT2D eigenvalue weighted by Crippen LogP contribution is 2.13. The smallest absolute Gasteiger partial charge is 0.0894 e. The molecule has 0 saturated heterocycles. The van der Waals surface area contributed by atoms with Gasteiger partial charge in [0.1, 0.15) is 0 Å². The maximum absolute atomic E-state index is 12.0. The molecular weight excluding hydrogens is 351 g/mol. The van der Waals surface area contributed by atoms with Crippen molar-refractivity contribution < 1.29 is 13.9 Å². The summed E-state index contributed by atoms with van der Waals surface area (Å²) < 4.78 is 23.6. The molecule has 1 unspecified atom stereocenters. The second-order valence-electron chi connectivity index (χ2n) is 8.32. The number of unbranched alkanes of at least 4 members (excludes halogenated alkanes) is 15. The van der Waals surface area contributed by atoms with Crippen LogP contribution in [0.5, 0.6) is 0 Å². The van der Waals surface area contributed by atoms with Crippen molar-refractivity contribution in [3.05, 3.63) is 0 Å². The van der Waals surface area contributed by atoms with Crippen LogP contribution in [0.3, 0.4) is 0 Å². The van der Waals surface area contributed by atoms with Gasteiger partial charge in [-0.1, -0.05) is 104 Å². The zero-order valence-corrected chi connectivity index (χ0v) is 19.3. The minimum atomic E-state index is -0.137. The summed E-state index contributed by atoms with van der Waals surface area (Å²) in [6, 6.07) is 0. The van der Waals surface area contributed by atoms with Crippen LogP contribution in [0.1, 0.15) is 129 Å². The standard InChI is InChI=1S/C25H51FO2/c1-3-5-23-28-25(4-2)24-27-22-20-18-16-14-12-10-8-6-7-9-11-13-15-17-19-21-26/h25H,3-24H2,1-2H3. The van der Waals surface area contributed by atoms with Gasteiger partial charge in [0.05, 0.1) is 19.4 Å². The largest absolute Gasteiger partial charge is 0.379 e. The number of hydrogen-bond acceptors (Lipinski definition) is 2. The van der Waals surface area contributed by atoms with Crippen molar-refractivity contribution in [1.29, 1.82) is 0 Å². The van der Waals surface area contributed by atoms with Gasteiger partial charge in [0.15, 0.2) is 0 Å². The van der Waals surface area contributed by atoms with Crippen molar-refractivity contribution in [3.8, 4) is 0 Å². The molecule has 0 aromatic carbocycles. The topological polar surface area (TPSA) is 18.5 Å². The van der Waals surface area contributed by atoms with Crippen molar-refractivity contribution in [1.82, 2.24) is 0 Å². The fourth-order valence-electron chi connectivity index (χ4n) is 3.49.